The van der Waals surface area contributed by atoms with Gasteiger partial charge in [0.1, 0.15) is 0 Å². The molecule has 1 aromatic rings. The zero-order chi connectivity index (χ0) is 10.8. The van der Waals surface area contributed by atoms with Gasteiger partial charge < -0.3 is 9.84 Å². The quantitative estimate of drug-likeness (QED) is 0.772. The molecule has 0 spiro atoms. The number of rotatable bonds is 2. The van der Waals surface area contributed by atoms with Crippen molar-refractivity contribution in [2.24, 2.45) is 0 Å². The summed E-state index contributed by atoms with van der Waals surface area (Å²) >= 11 is 0. The lowest BCUT2D eigenvalue weighted by Crippen LogP contribution is -2.36. The molecule has 0 aromatic carbocycles. The topological polar surface area (TPSA) is 68.0 Å². The third-order valence-corrected chi connectivity index (χ3v) is 1.23. The maximum absolute atomic E-state index is 11.7. The number of hydrogen-bond acceptors (Lipinski definition) is 4. The first kappa shape index (κ1) is 10.5. The number of nitrogens with one attached hydrogen (secondary N) is 1. The maximum atomic E-state index is 11.7. The zero-order valence-electron chi connectivity index (χ0n) is 7.05. The number of carbonyl (C=O) groups is 1. The van der Waals surface area contributed by atoms with E-state index in [1.54, 1.807) is 5.32 Å². The molecule has 0 saturated carbocycles. The van der Waals surface area contributed by atoms with E-state index in [4.69, 9.17) is 0 Å². The number of aryl methyl sites for hydroxylation is 1. The van der Waals surface area contributed by atoms with E-state index in [9.17, 15) is 18.0 Å². The van der Waals surface area contributed by atoms with Crippen molar-refractivity contribution in [3.8, 4) is 0 Å². The van der Waals surface area contributed by atoms with Crippen LogP contribution in [0.1, 0.15) is 11.7 Å². The van der Waals surface area contributed by atoms with Crippen LogP contribution in [0.25, 0.3) is 0 Å². The van der Waals surface area contributed by atoms with Gasteiger partial charge in [-0.1, -0.05) is 5.16 Å². The Morgan fingerprint density at radius 3 is 2.64 bits per heavy atom. The summed E-state index contributed by atoms with van der Waals surface area (Å²) in [4.78, 5) is 13.9. The molecule has 0 aliphatic heterocycles. The lowest BCUT2D eigenvalue weighted by Gasteiger charge is -2.04. The molecule has 0 atom stereocenters. The summed E-state index contributed by atoms with van der Waals surface area (Å²) < 4.78 is 39.5. The van der Waals surface area contributed by atoms with Crippen molar-refractivity contribution in [3.05, 3.63) is 11.7 Å². The number of hydrogen-bond donors (Lipinski definition) is 1. The molecule has 0 aliphatic rings. The fourth-order valence-electron chi connectivity index (χ4n) is 0.668. The highest BCUT2D eigenvalue weighted by Crippen LogP contribution is 2.14. The monoisotopic (exact) mass is 209 g/mol. The molecule has 5 nitrogen and oxygen atoms in total. The summed E-state index contributed by atoms with van der Waals surface area (Å²) in [6.45, 7) is 1.08. The minimum absolute atomic E-state index is 0.0694. The standard InChI is InChI=1S/C6H6F3N3O2/c1-3-11-4(14-12-3)2-10-5(13)6(7,8)9/h2H2,1H3,(H,10,13). The number of nitrogens with zero attached hydrogens (tertiary/aromatic N) is 2. The van der Waals surface area contributed by atoms with Crippen LogP contribution in [-0.2, 0) is 11.3 Å². The Morgan fingerprint density at radius 2 is 2.21 bits per heavy atom. The van der Waals surface area contributed by atoms with Crippen molar-refractivity contribution >= 4 is 5.91 Å². The second kappa shape index (κ2) is 3.64. The van der Waals surface area contributed by atoms with Gasteiger partial charge in [0.05, 0.1) is 6.54 Å². The van der Waals surface area contributed by atoms with Gasteiger partial charge in [0.25, 0.3) is 0 Å². The van der Waals surface area contributed by atoms with Crippen molar-refractivity contribution in [2.75, 3.05) is 0 Å². The van der Waals surface area contributed by atoms with Gasteiger partial charge in [-0.15, -0.1) is 0 Å². The minimum atomic E-state index is -4.89. The summed E-state index contributed by atoms with van der Waals surface area (Å²) in [6, 6.07) is 0. The highest BCUT2D eigenvalue weighted by Gasteiger charge is 2.38. The van der Waals surface area contributed by atoms with Gasteiger partial charge in [-0.05, 0) is 6.92 Å². The first-order valence-electron chi connectivity index (χ1n) is 3.54. The largest absolute Gasteiger partial charge is 0.471 e. The molecular weight excluding hydrogens is 203 g/mol. The Balaban J connectivity index is 2.46. The third kappa shape index (κ3) is 2.71. The number of amides is 1. The summed E-state index contributed by atoms with van der Waals surface area (Å²) in [5, 5.41) is 4.93. The van der Waals surface area contributed by atoms with Gasteiger partial charge in [-0.25, -0.2) is 0 Å². The average Bonchev–Trinajstić information content (AvgIpc) is 2.45. The Kier molecular flexibility index (Phi) is 2.73. The van der Waals surface area contributed by atoms with Gasteiger partial charge >= 0.3 is 12.1 Å². The molecule has 0 saturated heterocycles. The van der Waals surface area contributed by atoms with E-state index < -0.39 is 18.6 Å². The highest BCUT2D eigenvalue weighted by molar-refractivity contribution is 5.81. The average molecular weight is 209 g/mol. The molecule has 1 rings (SSSR count). The van der Waals surface area contributed by atoms with Crippen LogP contribution in [0, 0.1) is 6.92 Å². The summed E-state index contributed by atoms with van der Waals surface area (Å²) in [7, 11) is 0. The second-order valence-corrected chi connectivity index (χ2v) is 2.42. The first-order valence-corrected chi connectivity index (χ1v) is 3.54. The Morgan fingerprint density at radius 1 is 1.57 bits per heavy atom. The van der Waals surface area contributed by atoms with Gasteiger partial charge in [0.15, 0.2) is 5.82 Å². The molecule has 0 fully saturated rings. The Bertz CT molecular complexity index is 333. The fraction of sp³-hybridized carbons (Fsp3) is 0.500. The van der Waals surface area contributed by atoms with Gasteiger partial charge in [0.2, 0.25) is 5.89 Å². The number of carbonyl (C=O) groups excluding carboxylic acids is 1. The van der Waals surface area contributed by atoms with Crippen LogP contribution in [0.5, 0.6) is 0 Å². The molecule has 0 unspecified atom stereocenters. The number of aromatic nitrogens is 2. The Labute approximate surface area is 76.3 Å². The number of alkyl halides is 3. The lowest BCUT2D eigenvalue weighted by atomic mass is 10.5. The van der Waals surface area contributed by atoms with Gasteiger partial charge in [0, 0.05) is 0 Å². The summed E-state index contributed by atoms with van der Waals surface area (Å²) in [5.74, 6) is -1.81. The molecule has 1 N–H and O–H groups in total. The first-order chi connectivity index (χ1) is 6.39. The van der Waals surface area contributed by atoms with Crippen LogP contribution in [0.2, 0.25) is 0 Å². The number of halogens is 3. The summed E-state index contributed by atoms with van der Waals surface area (Å²) in [6.07, 6.45) is -4.89. The van der Waals surface area contributed by atoms with E-state index in [1.165, 1.54) is 6.92 Å². The van der Waals surface area contributed by atoms with E-state index in [-0.39, 0.29) is 5.89 Å². The molecule has 1 amide bonds. The molecule has 14 heavy (non-hydrogen) atoms. The minimum Gasteiger partial charge on any atom is -0.339 e. The van der Waals surface area contributed by atoms with Crippen LogP contribution in [0.4, 0.5) is 13.2 Å². The predicted molar refractivity (Wildman–Crippen MR) is 36.9 cm³/mol. The van der Waals surface area contributed by atoms with E-state index >= 15 is 0 Å². The van der Waals surface area contributed by atoms with Crippen LogP contribution in [0.3, 0.4) is 0 Å². The van der Waals surface area contributed by atoms with E-state index in [0.717, 1.165) is 0 Å². The van der Waals surface area contributed by atoms with Crippen molar-refractivity contribution in [2.45, 2.75) is 19.6 Å². The molecule has 0 aliphatic carbocycles. The predicted octanol–water partition coefficient (Wildman–Crippen LogP) is 0.557. The molecule has 1 heterocycles. The van der Waals surface area contributed by atoms with Crippen LogP contribution >= 0.6 is 0 Å². The second-order valence-electron chi connectivity index (χ2n) is 2.42. The molecule has 8 heteroatoms. The van der Waals surface area contributed by atoms with Crippen LogP contribution in [-0.4, -0.2) is 22.2 Å². The molecule has 0 radical (unpaired) electrons. The van der Waals surface area contributed by atoms with Gasteiger partial charge in [-0.2, -0.15) is 18.2 Å². The highest BCUT2D eigenvalue weighted by atomic mass is 19.4. The third-order valence-electron chi connectivity index (χ3n) is 1.23. The van der Waals surface area contributed by atoms with Crippen molar-refractivity contribution in [1.82, 2.24) is 15.5 Å². The molecule has 78 valence electrons. The van der Waals surface area contributed by atoms with E-state index in [1.807, 2.05) is 0 Å². The fourth-order valence-corrected chi connectivity index (χ4v) is 0.668. The maximum Gasteiger partial charge on any atom is 0.471 e. The van der Waals surface area contributed by atoms with Gasteiger partial charge in [-0.3, -0.25) is 4.79 Å². The van der Waals surface area contributed by atoms with Crippen molar-refractivity contribution in [3.63, 3.8) is 0 Å². The SMILES string of the molecule is Cc1noc(CNC(=O)C(F)(F)F)n1. The van der Waals surface area contributed by atoms with E-state index in [0.29, 0.717) is 5.82 Å². The summed E-state index contributed by atoms with van der Waals surface area (Å²) in [5.41, 5.74) is 0. The molecule has 0 bridgehead atoms. The van der Waals surface area contributed by atoms with Crippen molar-refractivity contribution < 1.29 is 22.5 Å². The lowest BCUT2D eigenvalue weighted by molar-refractivity contribution is -0.173. The zero-order valence-corrected chi connectivity index (χ0v) is 7.05. The Hall–Kier alpha value is -1.60. The normalized spacial score (nSPS) is 11.4. The van der Waals surface area contributed by atoms with Crippen LogP contribution in [0.15, 0.2) is 4.52 Å². The smallest absolute Gasteiger partial charge is 0.339 e. The molecular formula is C6H6F3N3O2. The molecule has 1 aromatic heterocycles. The van der Waals surface area contributed by atoms with Crippen molar-refractivity contribution in [1.29, 1.82) is 0 Å². The van der Waals surface area contributed by atoms with E-state index in [2.05, 4.69) is 14.7 Å². The van der Waals surface area contributed by atoms with Crippen LogP contribution < -0.4 is 5.32 Å².